The van der Waals surface area contributed by atoms with E-state index in [0.29, 0.717) is 24.5 Å². The molecular formula is C15H19ClN2O3S. The fraction of sp³-hybridized carbons (Fsp3) is 0.533. The van der Waals surface area contributed by atoms with Gasteiger partial charge in [-0.05, 0) is 24.6 Å². The lowest BCUT2D eigenvalue weighted by Gasteiger charge is -2.37. The molecule has 0 bridgehead atoms. The van der Waals surface area contributed by atoms with Crippen molar-refractivity contribution < 1.29 is 13.2 Å². The predicted octanol–water partition coefficient (Wildman–Crippen LogP) is 1.42. The molecule has 5 nitrogen and oxygen atoms in total. The highest BCUT2D eigenvalue weighted by Crippen LogP contribution is 2.24. The minimum Gasteiger partial charge on any atom is -0.368 e. The Labute approximate surface area is 135 Å². The Balaban J connectivity index is 1.59. The molecule has 0 N–H and O–H groups in total. The smallest absolute Gasteiger partial charge is 0.226 e. The zero-order valence-electron chi connectivity index (χ0n) is 12.2. The molecule has 0 saturated carbocycles. The first kappa shape index (κ1) is 15.6. The highest BCUT2D eigenvalue weighted by molar-refractivity contribution is 7.91. The molecule has 0 aromatic heterocycles. The lowest BCUT2D eigenvalue weighted by Crippen LogP contribution is -2.50. The Hall–Kier alpha value is -1.27. The number of hydrogen-bond donors (Lipinski definition) is 0. The topological polar surface area (TPSA) is 57.7 Å². The van der Waals surface area contributed by atoms with E-state index >= 15 is 0 Å². The van der Waals surface area contributed by atoms with Crippen molar-refractivity contribution in [2.75, 3.05) is 42.6 Å². The second-order valence-electron chi connectivity index (χ2n) is 5.89. The summed E-state index contributed by atoms with van der Waals surface area (Å²) >= 11 is 6.01. The fourth-order valence-corrected chi connectivity index (χ4v) is 5.02. The second-order valence-corrected chi connectivity index (χ2v) is 8.56. The Morgan fingerprint density at radius 1 is 1.18 bits per heavy atom. The number of carbonyl (C=O) groups is 1. The van der Waals surface area contributed by atoms with Crippen LogP contribution in [-0.2, 0) is 14.6 Å². The Morgan fingerprint density at radius 3 is 2.50 bits per heavy atom. The van der Waals surface area contributed by atoms with Crippen LogP contribution in [-0.4, -0.2) is 56.9 Å². The van der Waals surface area contributed by atoms with Crippen molar-refractivity contribution >= 4 is 33.0 Å². The van der Waals surface area contributed by atoms with E-state index in [1.165, 1.54) is 0 Å². The third-order valence-corrected chi connectivity index (χ3v) is 6.35. The molecule has 0 radical (unpaired) electrons. The number of hydrogen-bond acceptors (Lipinski definition) is 4. The maximum atomic E-state index is 12.4. The zero-order chi connectivity index (χ0) is 15.7. The maximum Gasteiger partial charge on any atom is 0.226 e. The molecule has 2 heterocycles. The first-order valence-electron chi connectivity index (χ1n) is 7.44. The first-order valence-corrected chi connectivity index (χ1v) is 9.64. The Morgan fingerprint density at radius 2 is 1.91 bits per heavy atom. The molecule has 0 aliphatic carbocycles. The average molecular weight is 343 g/mol. The van der Waals surface area contributed by atoms with Crippen molar-refractivity contribution in [2.24, 2.45) is 5.92 Å². The number of rotatable bonds is 2. The molecule has 2 fully saturated rings. The van der Waals surface area contributed by atoms with Crippen molar-refractivity contribution in [1.82, 2.24) is 4.90 Å². The molecule has 1 aromatic carbocycles. The van der Waals surface area contributed by atoms with Gasteiger partial charge in [-0.25, -0.2) is 8.42 Å². The van der Waals surface area contributed by atoms with E-state index in [9.17, 15) is 13.2 Å². The van der Waals surface area contributed by atoms with Crippen LogP contribution >= 0.6 is 11.6 Å². The Kier molecular flexibility index (Phi) is 4.32. The lowest BCUT2D eigenvalue weighted by atomic mass is 10.1. The molecule has 1 aromatic rings. The Bertz CT molecular complexity index is 669. The standard InChI is InChI=1S/C15H19ClN2O3S/c16-13-2-1-3-14(10-13)17-5-7-18(8-6-17)15(19)12-4-9-22(20,21)11-12/h1-3,10,12H,4-9,11H2/t12-/m0/s1. The van der Waals surface area contributed by atoms with E-state index in [0.717, 1.165) is 18.8 Å². The van der Waals surface area contributed by atoms with E-state index in [-0.39, 0.29) is 23.3 Å². The minimum absolute atomic E-state index is 0.00757. The van der Waals surface area contributed by atoms with Crippen LogP contribution in [0.2, 0.25) is 5.02 Å². The quantitative estimate of drug-likeness (QED) is 0.815. The molecule has 120 valence electrons. The summed E-state index contributed by atoms with van der Waals surface area (Å²) in [7, 11) is -3.01. The van der Waals surface area contributed by atoms with Gasteiger partial charge in [0.2, 0.25) is 5.91 Å². The number of sulfone groups is 1. The molecule has 0 spiro atoms. The van der Waals surface area contributed by atoms with E-state index < -0.39 is 9.84 Å². The van der Waals surface area contributed by atoms with Crippen LogP contribution in [0, 0.1) is 5.92 Å². The molecule has 7 heteroatoms. The van der Waals surface area contributed by atoms with Gasteiger partial charge in [0.05, 0.1) is 17.4 Å². The van der Waals surface area contributed by atoms with Crippen molar-refractivity contribution in [3.63, 3.8) is 0 Å². The number of benzene rings is 1. The van der Waals surface area contributed by atoms with Gasteiger partial charge in [-0.15, -0.1) is 0 Å². The molecule has 2 saturated heterocycles. The monoisotopic (exact) mass is 342 g/mol. The highest BCUT2D eigenvalue weighted by atomic mass is 35.5. The molecule has 1 amide bonds. The van der Waals surface area contributed by atoms with Crippen LogP contribution < -0.4 is 4.90 Å². The van der Waals surface area contributed by atoms with Crippen LogP contribution in [0.15, 0.2) is 24.3 Å². The maximum absolute atomic E-state index is 12.4. The minimum atomic E-state index is -3.01. The van der Waals surface area contributed by atoms with Crippen molar-refractivity contribution in [3.8, 4) is 0 Å². The van der Waals surface area contributed by atoms with Gasteiger partial charge < -0.3 is 9.80 Å². The largest absolute Gasteiger partial charge is 0.368 e. The zero-order valence-corrected chi connectivity index (χ0v) is 13.8. The van der Waals surface area contributed by atoms with Crippen LogP contribution in [0.4, 0.5) is 5.69 Å². The summed E-state index contributed by atoms with van der Waals surface area (Å²) < 4.78 is 23.0. The van der Waals surface area contributed by atoms with Crippen LogP contribution in [0.1, 0.15) is 6.42 Å². The number of carbonyl (C=O) groups excluding carboxylic acids is 1. The van der Waals surface area contributed by atoms with Crippen molar-refractivity contribution in [3.05, 3.63) is 29.3 Å². The van der Waals surface area contributed by atoms with Gasteiger partial charge in [0.25, 0.3) is 0 Å². The van der Waals surface area contributed by atoms with Gasteiger partial charge >= 0.3 is 0 Å². The van der Waals surface area contributed by atoms with E-state index in [4.69, 9.17) is 11.6 Å². The third kappa shape index (κ3) is 3.38. The third-order valence-electron chi connectivity index (χ3n) is 4.35. The fourth-order valence-electron chi connectivity index (χ4n) is 3.11. The molecule has 3 rings (SSSR count). The SMILES string of the molecule is O=C([C@H]1CCS(=O)(=O)C1)N1CCN(c2cccc(Cl)c2)CC1. The number of halogens is 1. The van der Waals surface area contributed by atoms with Gasteiger partial charge in [-0.2, -0.15) is 0 Å². The second kappa shape index (κ2) is 6.08. The van der Waals surface area contributed by atoms with Gasteiger partial charge in [-0.1, -0.05) is 17.7 Å². The average Bonchev–Trinajstić information content (AvgIpc) is 2.87. The summed E-state index contributed by atoms with van der Waals surface area (Å²) in [4.78, 5) is 16.4. The molecule has 0 unspecified atom stereocenters. The van der Waals surface area contributed by atoms with Crippen LogP contribution in [0.3, 0.4) is 0 Å². The number of anilines is 1. The number of piperazine rings is 1. The summed E-state index contributed by atoms with van der Waals surface area (Å²) in [6, 6.07) is 7.68. The van der Waals surface area contributed by atoms with Crippen LogP contribution in [0.25, 0.3) is 0 Å². The number of amides is 1. The van der Waals surface area contributed by atoms with Crippen LogP contribution in [0.5, 0.6) is 0 Å². The molecule has 2 aliphatic rings. The van der Waals surface area contributed by atoms with Gasteiger partial charge in [0, 0.05) is 36.9 Å². The molecular weight excluding hydrogens is 324 g/mol. The van der Waals surface area contributed by atoms with Gasteiger partial charge in [-0.3, -0.25) is 4.79 Å². The highest BCUT2D eigenvalue weighted by Gasteiger charge is 2.36. The number of nitrogens with zero attached hydrogens (tertiary/aromatic N) is 2. The summed E-state index contributed by atoms with van der Waals surface area (Å²) in [5, 5.41) is 0.701. The molecule has 22 heavy (non-hydrogen) atoms. The van der Waals surface area contributed by atoms with E-state index in [1.807, 2.05) is 24.3 Å². The van der Waals surface area contributed by atoms with Crippen molar-refractivity contribution in [2.45, 2.75) is 6.42 Å². The summed E-state index contributed by atoms with van der Waals surface area (Å²) in [6.07, 6.45) is 0.468. The van der Waals surface area contributed by atoms with Crippen molar-refractivity contribution in [1.29, 1.82) is 0 Å². The summed E-state index contributed by atoms with van der Waals surface area (Å²) in [6.45, 7) is 2.74. The molecule has 1 atom stereocenters. The van der Waals surface area contributed by atoms with E-state index in [2.05, 4.69) is 4.90 Å². The van der Waals surface area contributed by atoms with E-state index in [1.54, 1.807) is 4.90 Å². The van der Waals surface area contributed by atoms with Gasteiger partial charge in [0.15, 0.2) is 9.84 Å². The normalized spacial score (nSPS) is 24.5. The van der Waals surface area contributed by atoms with Gasteiger partial charge in [0.1, 0.15) is 0 Å². The predicted molar refractivity (Wildman–Crippen MR) is 87.0 cm³/mol. The lowest BCUT2D eigenvalue weighted by molar-refractivity contribution is -0.135. The summed E-state index contributed by atoms with van der Waals surface area (Å²) in [5.41, 5.74) is 1.06. The molecule has 2 aliphatic heterocycles. The first-order chi connectivity index (χ1) is 10.4. The summed E-state index contributed by atoms with van der Waals surface area (Å²) in [5.74, 6) is -0.193.